The number of nitrogens with one attached hydrogen (secondary N) is 1. The van der Waals surface area contributed by atoms with Gasteiger partial charge in [0.1, 0.15) is 5.82 Å². The fourth-order valence-electron chi connectivity index (χ4n) is 3.68. The number of hydrogen-bond acceptors (Lipinski definition) is 6. The molecular weight excluding hydrogens is 451 g/mol. The molecule has 0 saturated carbocycles. The van der Waals surface area contributed by atoms with Crippen LogP contribution in [0.25, 0.3) is 0 Å². The van der Waals surface area contributed by atoms with E-state index in [4.69, 9.17) is 27.9 Å². The Kier molecular flexibility index (Phi) is 8.34. The van der Waals surface area contributed by atoms with Gasteiger partial charge in [0.2, 0.25) is 5.91 Å². The Hall–Kier alpha value is -2.35. The second-order valence-corrected chi connectivity index (χ2v) is 8.56. The molecule has 172 valence electrons. The molecule has 1 aliphatic rings. The number of piperazine rings is 1. The Labute approximate surface area is 198 Å². The molecule has 0 aliphatic carbocycles. The zero-order valence-electron chi connectivity index (χ0n) is 18.5. The Balaban J connectivity index is 1.52. The number of rotatable bonds is 7. The molecule has 9 heteroatoms. The van der Waals surface area contributed by atoms with E-state index in [9.17, 15) is 9.59 Å². The molecule has 1 amide bonds. The van der Waals surface area contributed by atoms with Gasteiger partial charge in [0.15, 0.2) is 0 Å². The lowest BCUT2D eigenvalue weighted by molar-refractivity contribution is -0.126. The van der Waals surface area contributed by atoms with Crippen molar-refractivity contribution in [1.29, 1.82) is 0 Å². The summed E-state index contributed by atoms with van der Waals surface area (Å²) in [4.78, 5) is 33.3. The third kappa shape index (κ3) is 5.91. The maximum atomic E-state index is 12.8. The summed E-state index contributed by atoms with van der Waals surface area (Å²) in [6, 6.07) is 8.34. The number of aromatic nitrogens is 1. The summed E-state index contributed by atoms with van der Waals surface area (Å²) in [7, 11) is 0. The van der Waals surface area contributed by atoms with Crippen LogP contribution in [-0.2, 0) is 9.53 Å². The van der Waals surface area contributed by atoms with Crippen molar-refractivity contribution >= 4 is 40.9 Å². The summed E-state index contributed by atoms with van der Waals surface area (Å²) in [5, 5.41) is 4.14. The summed E-state index contributed by atoms with van der Waals surface area (Å²) in [6.45, 7) is 8.85. The van der Waals surface area contributed by atoms with Gasteiger partial charge in [-0.3, -0.25) is 9.69 Å². The zero-order chi connectivity index (χ0) is 23.3. The first kappa shape index (κ1) is 24.3. The highest BCUT2D eigenvalue weighted by Gasteiger charge is 2.27. The lowest BCUT2D eigenvalue weighted by Gasteiger charge is -2.38. The predicted octanol–water partition coefficient (Wildman–Crippen LogP) is 3.95. The molecule has 32 heavy (non-hydrogen) atoms. The minimum absolute atomic E-state index is 0.0473. The molecule has 1 aromatic heterocycles. The van der Waals surface area contributed by atoms with Crippen LogP contribution in [0.15, 0.2) is 36.5 Å². The molecule has 1 saturated heterocycles. The smallest absolute Gasteiger partial charge is 0.339 e. The van der Waals surface area contributed by atoms with Crippen molar-refractivity contribution in [3.63, 3.8) is 0 Å². The Morgan fingerprint density at radius 1 is 1.12 bits per heavy atom. The van der Waals surface area contributed by atoms with Gasteiger partial charge < -0.3 is 15.0 Å². The Morgan fingerprint density at radius 2 is 1.84 bits per heavy atom. The minimum Gasteiger partial charge on any atom is -0.462 e. The van der Waals surface area contributed by atoms with E-state index in [0.29, 0.717) is 22.2 Å². The number of ether oxygens (including phenoxy) is 1. The van der Waals surface area contributed by atoms with E-state index < -0.39 is 0 Å². The van der Waals surface area contributed by atoms with Gasteiger partial charge >= 0.3 is 5.97 Å². The molecule has 2 atom stereocenters. The molecule has 1 N–H and O–H groups in total. The second-order valence-electron chi connectivity index (χ2n) is 7.72. The van der Waals surface area contributed by atoms with Crippen LogP contribution in [0.4, 0.5) is 5.82 Å². The number of nitrogens with zero attached hydrogens (tertiary/aromatic N) is 3. The Morgan fingerprint density at radius 3 is 2.44 bits per heavy atom. The van der Waals surface area contributed by atoms with Gasteiger partial charge in [-0.15, -0.1) is 0 Å². The standard InChI is InChI=1S/C23H28Cl2N4O3/c1-4-32-23(31)17-5-8-21(26-14-17)29-11-9-28(10-12-29)16(3)22(30)27-15(2)19-7-6-18(24)13-20(19)25/h5-8,13-16H,4,9-12H2,1-3H3,(H,27,30). The molecule has 3 rings (SSSR count). The summed E-state index contributed by atoms with van der Waals surface area (Å²) < 4.78 is 4.99. The van der Waals surface area contributed by atoms with Gasteiger partial charge in [0.25, 0.3) is 0 Å². The number of amides is 1. The lowest BCUT2D eigenvalue weighted by Crippen LogP contribution is -2.54. The topological polar surface area (TPSA) is 74.8 Å². The molecule has 1 aliphatic heterocycles. The van der Waals surface area contributed by atoms with Crippen LogP contribution >= 0.6 is 23.2 Å². The molecule has 1 aromatic carbocycles. The average Bonchev–Trinajstić information content (AvgIpc) is 2.78. The van der Waals surface area contributed by atoms with Gasteiger partial charge in [0.05, 0.1) is 24.3 Å². The van der Waals surface area contributed by atoms with E-state index in [1.807, 2.05) is 26.0 Å². The molecule has 0 bridgehead atoms. The number of halogens is 2. The van der Waals surface area contributed by atoms with Crippen LogP contribution in [0.1, 0.15) is 42.7 Å². The first-order valence-corrected chi connectivity index (χ1v) is 11.4. The first-order chi connectivity index (χ1) is 15.3. The largest absolute Gasteiger partial charge is 0.462 e. The van der Waals surface area contributed by atoms with Gasteiger partial charge in [0, 0.05) is 42.4 Å². The first-order valence-electron chi connectivity index (χ1n) is 10.7. The molecule has 2 unspecified atom stereocenters. The number of pyridine rings is 1. The third-order valence-corrected chi connectivity index (χ3v) is 6.17. The van der Waals surface area contributed by atoms with Crippen molar-refractivity contribution in [3.05, 3.63) is 57.7 Å². The number of carbonyl (C=O) groups excluding carboxylic acids is 2. The molecule has 2 heterocycles. The van der Waals surface area contributed by atoms with E-state index in [0.717, 1.165) is 37.6 Å². The maximum Gasteiger partial charge on any atom is 0.339 e. The predicted molar refractivity (Wildman–Crippen MR) is 126 cm³/mol. The quantitative estimate of drug-likeness (QED) is 0.607. The molecule has 0 spiro atoms. The van der Waals surface area contributed by atoms with E-state index in [1.165, 1.54) is 0 Å². The molecular formula is C23H28Cl2N4O3. The van der Waals surface area contributed by atoms with Crippen LogP contribution in [0.3, 0.4) is 0 Å². The van der Waals surface area contributed by atoms with E-state index in [1.54, 1.807) is 31.3 Å². The van der Waals surface area contributed by atoms with Crippen LogP contribution in [0.2, 0.25) is 10.0 Å². The summed E-state index contributed by atoms with van der Waals surface area (Å²) in [5.41, 5.74) is 1.27. The fourth-order valence-corrected chi connectivity index (χ4v) is 4.25. The molecule has 1 fully saturated rings. The van der Waals surface area contributed by atoms with Gasteiger partial charge in [-0.2, -0.15) is 0 Å². The zero-order valence-corrected chi connectivity index (χ0v) is 20.0. The molecule has 0 radical (unpaired) electrons. The third-order valence-electron chi connectivity index (χ3n) is 5.61. The van der Waals surface area contributed by atoms with Crippen LogP contribution < -0.4 is 10.2 Å². The highest BCUT2D eigenvalue weighted by molar-refractivity contribution is 6.35. The SMILES string of the molecule is CCOC(=O)c1ccc(N2CCN(C(C)C(=O)NC(C)c3ccc(Cl)cc3Cl)CC2)nc1. The monoisotopic (exact) mass is 478 g/mol. The number of carbonyl (C=O) groups is 2. The highest BCUT2D eigenvalue weighted by atomic mass is 35.5. The summed E-state index contributed by atoms with van der Waals surface area (Å²) in [5.74, 6) is 0.389. The fraction of sp³-hybridized carbons (Fsp3) is 0.435. The van der Waals surface area contributed by atoms with Gasteiger partial charge in [-0.25, -0.2) is 9.78 Å². The average molecular weight is 479 g/mol. The number of anilines is 1. The highest BCUT2D eigenvalue weighted by Crippen LogP contribution is 2.26. The van der Waals surface area contributed by atoms with Gasteiger partial charge in [-0.1, -0.05) is 29.3 Å². The number of esters is 1. The van der Waals surface area contributed by atoms with E-state index in [-0.39, 0.29) is 24.0 Å². The molecule has 2 aromatic rings. The van der Waals surface area contributed by atoms with Crippen molar-refractivity contribution in [2.45, 2.75) is 32.9 Å². The second kappa shape index (κ2) is 11.0. The van der Waals surface area contributed by atoms with Crippen LogP contribution in [0.5, 0.6) is 0 Å². The number of benzene rings is 1. The van der Waals surface area contributed by atoms with Gasteiger partial charge in [-0.05, 0) is 50.6 Å². The number of hydrogen-bond donors (Lipinski definition) is 1. The molecule has 7 nitrogen and oxygen atoms in total. The summed E-state index contributed by atoms with van der Waals surface area (Å²) in [6.07, 6.45) is 1.54. The van der Waals surface area contributed by atoms with Crippen LogP contribution in [-0.4, -0.2) is 60.6 Å². The Bertz CT molecular complexity index is 947. The van der Waals surface area contributed by atoms with E-state index >= 15 is 0 Å². The summed E-state index contributed by atoms with van der Waals surface area (Å²) >= 11 is 12.2. The van der Waals surface area contributed by atoms with Crippen molar-refractivity contribution in [1.82, 2.24) is 15.2 Å². The van der Waals surface area contributed by atoms with Crippen molar-refractivity contribution in [2.75, 3.05) is 37.7 Å². The lowest BCUT2D eigenvalue weighted by atomic mass is 10.1. The van der Waals surface area contributed by atoms with Crippen molar-refractivity contribution < 1.29 is 14.3 Å². The minimum atomic E-state index is -0.370. The van der Waals surface area contributed by atoms with E-state index in [2.05, 4.69) is 20.1 Å². The van der Waals surface area contributed by atoms with Crippen LogP contribution in [0, 0.1) is 0 Å². The normalized spacial score (nSPS) is 16.3. The van der Waals surface area contributed by atoms with Crippen molar-refractivity contribution in [3.8, 4) is 0 Å². The maximum absolute atomic E-state index is 12.8. The van der Waals surface area contributed by atoms with Crippen molar-refractivity contribution in [2.24, 2.45) is 0 Å².